The van der Waals surface area contributed by atoms with Gasteiger partial charge in [-0.3, -0.25) is 0 Å². The molecule has 0 bridgehead atoms. The van der Waals surface area contributed by atoms with E-state index in [0.29, 0.717) is 4.90 Å². The molecule has 0 N–H and O–H groups in total. The van der Waals surface area contributed by atoms with E-state index in [0.717, 1.165) is 29.5 Å². The van der Waals surface area contributed by atoms with Crippen molar-refractivity contribution in [1.29, 1.82) is 0 Å². The summed E-state index contributed by atoms with van der Waals surface area (Å²) in [5.74, 6) is 0. The topological polar surface area (TPSA) is 37.4 Å². The second kappa shape index (κ2) is 6.93. The van der Waals surface area contributed by atoms with Crippen LogP contribution in [0.25, 0.3) is 0 Å². The van der Waals surface area contributed by atoms with E-state index in [1.807, 2.05) is 60.6 Å². The van der Waals surface area contributed by atoms with Gasteiger partial charge in [0.15, 0.2) is 0 Å². The molecule has 0 fully saturated rings. The third kappa shape index (κ3) is 3.67. The van der Waals surface area contributed by atoms with Gasteiger partial charge in [0.25, 0.3) is 0 Å². The lowest BCUT2D eigenvalue weighted by Gasteiger charge is -2.33. The van der Waals surface area contributed by atoms with Gasteiger partial charge < -0.3 is 0 Å². The maximum atomic E-state index is 13.2. The number of rotatable bonds is 6. The highest BCUT2D eigenvalue weighted by Crippen LogP contribution is 2.29. The molecule has 0 saturated heterocycles. The highest BCUT2D eigenvalue weighted by Gasteiger charge is 2.33. The minimum absolute atomic E-state index is 0.00468. The van der Waals surface area contributed by atoms with E-state index in [4.69, 9.17) is 0 Å². The molecule has 0 heterocycles. The van der Waals surface area contributed by atoms with Crippen molar-refractivity contribution in [2.75, 3.05) is 0 Å². The average Bonchev–Trinajstić information content (AvgIpc) is 2.36. The molecular formula is C17H29NO2S. The SMILES string of the molecule is CCC(C)N(C(C)CC)S(=O)(=O)c1c(C)cc(C)cc1C. The van der Waals surface area contributed by atoms with E-state index >= 15 is 0 Å². The Hall–Kier alpha value is -0.870. The van der Waals surface area contributed by atoms with E-state index in [2.05, 4.69) is 0 Å². The van der Waals surface area contributed by atoms with Crippen molar-refractivity contribution < 1.29 is 8.42 Å². The molecule has 0 spiro atoms. The zero-order valence-corrected chi connectivity index (χ0v) is 15.2. The van der Waals surface area contributed by atoms with Gasteiger partial charge >= 0.3 is 0 Å². The van der Waals surface area contributed by atoms with Crippen molar-refractivity contribution in [3.8, 4) is 0 Å². The Balaban J connectivity index is 3.50. The van der Waals surface area contributed by atoms with Crippen LogP contribution in [0.1, 0.15) is 57.2 Å². The predicted molar refractivity (Wildman–Crippen MR) is 89.2 cm³/mol. The van der Waals surface area contributed by atoms with Gasteiger partial charge in [0.2, 0.25) is 10.0 Å². The monoisotopic (exact) mass is 311 g/mol. The third-order valence-electron chi connectivity index (χ3n) is 4.19. The van der Waals surface area contributed by atoms with Crippen LogP contribution >= 0.6 is 0 Å². The van der Waals surface area contributed by atoms with Gasteiger partial charge in [0.1, 0.15) is 0 Å². The molecule has 0 amide bonds. The minimum atomic E-state index is -3.47. The molecule has 21 heavy (non-hydrogen) atoms. The molecule has 2 unspecified atom stereocenters. The lowest BCUT2D eigenvalue weighted by molar-refractivity contribution is 0.262. The molecular weight excluding hydrogens is 282 g/mol. The summed E-state index contributed by atoms with van der Waals surface area (Å²) in [7, 11) is -3.47. The lowest BCUT2D eigenvalue weighted by Crippen LogP contribution is -2.44. The van der Waals surface area contributed by atoms with Crippen molar-refractivity contribution in [3.63, 3.8) is 0 Å². The number of sulfonamides is 1. The fourth-order valence-corrected chi connectivity index (χ4v) is 5.34. The number of hydrogen-bond donors (Lipinski definition) is 0. The second-order valence-electron chi connectivity index (χ2n) is 6.08. The van der Waals surface area contributed by atoms with E-state index in [1.165, 1.54) is 0 Å². The molecule has 0 radical (unpaired) electrons. The first kappa shape index (κ1) is 18.2. The van der Waals surface area contributed by atoms with Crippen LogP contribution in [0.4, 0.5) is 0 Å². The summed E-state index contributed by atoms with van der Waals surface area (Å²) >= 11 is 0. The van der Waals surface area contributed by atoms with E-state index < -0.39 is 10.0 Å². The fourth-order valence-electron chi connectivity index (χ4n) is 2.95. The van der Waals surface area contributed by atoms with Gasteiger partial charge in [0, 0.05) is 12.1 Å². The Bertz CT molecular complexity index is 560. The Labute approximate surface area is 130 Å². The smallest absolute Gasteiger partial charge is 0.207 e. The van der Waals surface area contributed by atoms with Crippen LogP contribution in [0.15, 0.2) is 17.0 Å². The van der Waals surface area contributed by atoms with Gasteiger partial charge in [0.05, 0.1) is 4.90 Å². The van der Waals surface area contributed by atoms with Crippen LogP contribution in [0, 0.1) is 20.8 Å². The lowest BCUT2D eigenvalue weighted by atomic mass is 10.1. The normalized spacial score (nSPS) is 15.2. The molecule has 1 rings (SSSR count). The molecule has 0 saturated carbocycles. The molecule has 0 aliphatic heterocycles. The summed E-state index contributed by atoms with van der Waals surface area (Å²) in [6.45, 7) is 13.8. The Morgan fingerprint density at radius 2 is 1.33 bits per heavy atom. The Kier molecular flexibility index (Phi) is 6.00. The molecule has 3 nitrogen and oxygen atoms in total. The van der Waals surface area contributed by atoms with E-state index in [-0.39, 0.29) is 12.1 Å². The summed E-state index contributed by atoms with van der Waals surface area (Å²) in [5, 5.41) is 0. The molecule has 120 valence electrons. The summed E-state index contributed by atoms with van der Waals surface area (Å²) in [6.07, 6.45) is 1.63. The first-order chi connectivity index (χ1) is 9.66. The molecule has 1 aromatic carbocycles. The van der Waals surface area contributed by atoms with Crippen molar-refractivity contribution in [3.05, 3.63) is 28.8 Å². The van der Waals surface area contributed by atoms with Crippen molar-refractivity contribution in [2.45, 2.75) is 78.3 Å². The highest BCUT2D eigenvalue weighted by atomic mass is 32.2. The number of aryl methyl sites for hydroxylation is 3. The summed E-state index contributed by atoms with van der Waals surface area (Å²) in [6, 6.07) is 3.91. The standard InChI is InChI=1S/C17H29NO2S/c1-8-15(6)18(16(7)9-2)21(19,20)17-13(4)10-12(3)11-14(17)5/h10-11,15-16H,8-9H2,1-7H3. The van der Waals surface area contributed by atoms with Crippen LogP contribution in [-0.4, -0.2) is 24.8 Å². The minimum Gasteiger partial charge on any atom is -0.207 e. The van der Waals surface area contributed by atoms with Crippen molar-refractivity contribution in [1.82, 2.24) is 4.31 Å². The van der Waals surface area contributed by atoms with E-state index in [1.54, 1.807) is 4.31 Å². The molecule has 0 aliphatic carbocycles. The number of hydrogen-bond acceptors (Lipinski definition) is 2. The maximum Gasteiger partial charge on any atom is 0.244 e. The zero-order chi connectivity index (χ0) is 16.4. The van der Waals surface area contributed by atoms with Gasteiger partial charge in [-0.05, 0) is 58.6 Å². The number of nitrogens with zero attached hydrogens (tertiary/aromatic N) is 1. The molecule has 0 aliphatic rings. The van der Waals surface area contributed by atoms with Crippen LogP contribution in [0.3, 0.4) is 0 Å². The largest absolute Gasteiger partial charge is 0.244 e. The van der Waals surface area contributed by atoms with Crippen molar-refractivity contribution in [2.24, 2.45) is 0 Å². The average molecular weight is 311 g/mol. The Morgan fingerprint density at radius 3 is 1.67 bits per heavy atom. The first-order valence-corrected chi connectivity index (χ1v) is 9.22. The molecule has 0 aromatic heterocycles. The Morgan fingerprint density at radius 1 is 0.952 bits per heavy atom. The summed E-state index contributed by atoms with van der Waals surface area (Å²) < 4.78 is 28.1. The van der Waals surface area contributed by atoms with Gasteiger partial charge in [-0.2, -0.15) is 4.31 Å². The van der Waals surface area contributed by atoms with Crippen LogP contribution in [-0.2, 0) is 10.0 Å². The summed E-state index contributed by atoms with van der Waals surface area (Å²) in [5.41, 5.74) is 2.77. The number of benzene rings is 1. The quantitative estimate of drug-likeness (QED) is 0.789. The van der Waals surface area contributed by atoms with Crippen LogP contribution < -0.4 is 0 Å². The van der Waals surface area contributed by atoms with E-state index in [9.17, 15) is 8.42 Å². The predicted octanol–water partition coefficient (Wildman–Crippen LogP) is 4.20. The summed E-state index contributed by atoms with van der Waals surface area (Å²) in [4.78, 5) is 0.480. The maximum absolute atomic E-state index is 13.2. The fraction of sp³-hybridized carbons (Fsp3) is 0.647. The van der Waals surface area contributed by atoms with Crippen LogP contribution in [0.2, 0.25) is 0 Å². The highest BCUT2D eigenvalue weighted by molar-refractivity contribution is 7.89. The second-order valence-corrected chi connectivity index (χ2v) is 7.86. The van der Waals surface area contributed by atoms with Crippen LogP contribution in [0.5, 0.6) is 0 Å². The van der Waals surface area contributed by atoms with Gasteiger partial charge in [-0.25, -0.2) is 8.42 Å². The van der Waals surface area contributed by atoms with Gasteiger partial charge in [-0.1, -0.05) is 31.5 Å². The first-order valence-electron chi connectivity index (χ1n) is 7.78. The third-order valence-corrected chi connectivity index (χ3v) is 6.63. The molecule has 1 aromatic rings. The molecule has 4 heteroatoms. The van der Waals surface area contributed by atoms with Gasteiger partial charge in [-0.15, -0.1) is 0 Å². The van der Waals surface area contributed by atoms with Crippen molar-refractivity contribution >= 4 is 10.0 Å². The zero-order valence-electron chi connectivity index (χ0n) is 14.4. The molecule has 2 atom stereocenters.